The van der Waals surface area contributed by atoms with Gasteiger partial charge >= 0.3 is 0 Å². The van der Waals surface area contributed by atoms with Crippen molar-refractivity contribution in [2.24, 2.45) is 12.8 Å². The lowest BCUT2D eigenvalue weighted by Crippen LogP contribution is -2.17. The molecule has 0 aliphatic rings. The summed E-state index contributed by atoms with van der Waals surface area (Å²) < 4.78 is 6.58. The van der Waals surface area contributed by atoms with Crippen LogP contribution in [0.15, 0.2) is 29.1 Å². The summed E-state index contributed by atoms with van der Waals surface area (Å²) in [4.78, 5) is 11.8. The number of methoxy groups -OCH3 is 1. The Bertz CT molecular complexity index is 584. The number of rotatable bonds is 3. The first kappa shape index (κ1) is 11.5. The molecule has 5 nitrogen and oxygen atoms in total. The zero-order valence-electron chi connectivity index (χ0n) is 9.86. The van der Waals surface area contributed by atoms with Crippen molar-refractivity contribution in [3.8, 4) is 17.0 Å². The maximum Gasteiger partial charge on any atom is 0.271 e. The van der Waals surface area contributed by atoms with Crippen molar-refractivity contribution in [2.45, 2.75) is 6.54 Å². The van der Waals surface area contributed by atoms with E-state index in [1.54, 1.807) is 14.2 Å². The fourth-order valence-corrected chi connectivity index (χ4v) is 1.80. The van der Waals surface area contributed by atoms with E-state index in [0.717, 1.165) is 17.0 Å². The molecular weight excluding hydrogens is 218 g/mol. The predicted octanol–water partition coefficient (Wildman–Crippen LogP) is 0.848. The molecule has 2 aromatic rings. The van der Waals surface area contributed by atoms with Gasteiger partial charge in [0, 0.05) is 19.2 Å². The molecule has 17 heavy (non-hydrogen) atoms. The van der Waals surface area contributed by atoms with Gasteiger partial charge in [-0.2, -0.15) is 0 Å². The van der Waals surface area contributed by atoms with E-state index in [4.69, 9.17) is 10.5 Å². The topological polar surface area (TPSA) is 73.0 Å². The largest absolute Gasteiger partial charge is 0.497 e. The van der Waals surface area contributed by atoms with E-state index < -0.39 is 0 Å². The Morgan fingerprint density at radius 2 is 2.24 bits per heavy atom. The van der Waals surface area contributed by atoms with Crippen LogP contribution in [0.5, 0.6) is 5.75 Å². The van der Waals surface area contributed by atoms with E-state index in [-0.39, 0.29) is 12.1 Å². The van der Waals surface area contributed by atoms with Crippen LogP contribution in [-0.4, -0.2) is 16.9 Å². The molecule has 0 spiro atoms. The van der Waals surface area contributed by atoms with Crippen LogP contribution >= 0.6 is 0 Å². The molecule has 1 aromatic heterocycles. The fraction of sp³-hybridized carbons (Fsp3) is 0.250. The van der Waals surface area contributed by atoms with Gasteiger partial charge in [-0.25, -0.2) is 0 Å². The molecule has 3 N–H and O–H groups in total. The molecule has 0 aliphatic heterocycles. The summed E-state index contributed by atoms with van der Waals surface area (Å²) in [5, 5.41) is 3.00. The molecule has 0 bridgehead atoms. The van der Waals surface area contributed by atoms with Crippen LogP contribution in [-0.2, 0) is 13.6 Å². The van der Waals surface area contributed by atoms with Gasteiger partial charge in [0.05, 0.1) is 18.4 Å². The Morgan fingerprint density at radius 3 is 2.88 bits per heavy atom. The van der Waals surface area contributed by atoms with Gasteiger partial charge < -0.3 is 10.5 Å². The van der Waals surface area contributed by atoms with Crippen LogP contribution in [0.2, 0.25) is 0 Å². The third-order valence-corrected chi connectivity index (χ3v) is 2.71. The zero-order chi connectivity index (χ0) is 12.4. The van der Waals surface area contributed by atoms with Crippen molar-refractivity contribution >= 4 is 0 Å². The first-order chi connectivity index (χ1) is 8.17. The summed E-state index contributed by atoms with van der Waals surface area (Å²) >= 11 is 0. The highest BCUT2D eigenvalue weighted by atomic mass is 16.5. The van der Waals surface area contributed by atoms with Crippen LogP contribution in [0.25, 0.3) is 11.3 Å². The van der Waals surface area contributed by atoms with Crippen molar-refractivity contribution in [3.63, 3.8) is 0 Å². The lowest BCUT2D eigenvalue weighted by atomic mass is 10.1. The average molecular weight is 233 g/mol. The molecule has 1 aromatic carbocycles. The zero-order valence-corrected chi connectivity index (χ0v) is 9.86. The molecule has 1 heterocycles. The number of benzene rings is 1. The molecule has 0 saturated carbocycles. The number of nitrogens with one attached hydrogen (secondary N) is 1. The Morgan fingerprint density at radius 1 is 1.47 bits per heavy atom. The fourth-order valence-electron chi connectivity index (χ4n) is 1.80. The van der Waals surface area contributed by atoms with Gasteiger partial charge in [-0.15, -0.1) is 0 Å². The predicted molar refractivity (Wildman–Crippen MR) is 65.9 cm³/mol. The number of H-pyrrole nitrogens is 1. The highest BCUT2D eigenvalue weighted by molar-refractivity contribution is 5.64. The average Bonchev–Trinajstić information content (AvgIpc) is 2.65. The number of aromatic nitrogens is 2. The first-order valence-corrected chi connectivity index (χ1v) is 5.29. The van der Waals surface area contributed by atoms with Crippen LogP contribution in [0, 0.1) is 0 Å². The summed E-state index contributed by atoms with van der Waals surface area (Å²) in [6, 6.07) is 7.50. The van der Waals surface area contributed by atoms with Crippen molar-refractivity contribution < 1.29 is 4.74 Å². The van der Waals surface area contributed by atoms with Gasteiger partial charge in [-0.3, -0.25) is 14.6 Å². The van der Waals surface area contributed by atoms with Gasteiger partial charge in [0.15, 0.2) is 0 Å². The maximum atomic E-state index is 11.8. The summed E-state index contributed by atoms with van der Waals surface area (Å²) in [6.07, 6.45) is 0. The monoisotopic (exact) mass is 233 g/mol. The van der Waals surface area contributed by atoms with Crippen LogP contribution < -0.4 is 16.0 Å². The normalized spacial score (nSPS) is 10.5. The number of nitrogens with zero attached hydrogens (tertiary/aromatic N) is 1. The smallest absolute Gasteiger partial charge is 0.271 e. The number of ether oxygens (including phenoxy) is 1. The van der Waals surface area contributed by atoms with Crippen LogP contribution in [0.4, 0.5) is 0 Å². The number of nitrogens with two attached hydrogens (primary N) is 1. The second-order valence-corrected chi connectivity index (χ2v) is 3.77. The standard InChI is InChI=1S/C12H15N3O2/c1-15-12(16)10(7-13)11(14-15)8-4-3-5-9(6-8)17-2/h3-6,14H,7,13H2,1-2H3. The van der Waals surface area contributed by atoms with E-state index in [0.29, 0.717) is 5.56 Å². The molecular formula is C12H15N3O2. The van der Waals surface area contributed by atoms with Gasteiger partial charge in [0.25, 0.3) is 5.56 Å². The minimum atomic E-state index is -0.0923. The number of aromatic amines is 1. The van der Waals surface area contributed by atoms with Crippen molar-refractivity contribution in [3.05, 3.63) is 40.2 Å². The molecule has 90 valence electrons. The van der Waals surface area contributed by atoms with Crippen molar-refractivity contribution in [1.29, 1.82) is 0 Å². The van der Waals surface area contributed by atoms with E-state index in [2.05, 4.69) is 5.10 Å². The second kappa shape index (κ2) is 4.47. The summed E-state index contributed by atoms with van der Waals surface area (Å²) in [7, 11) is 3.28. The van der Waals surface area contributed by atoms with Crippen LogP contribution in [0.1, 0.15) is 5.56 Å². The first-order valence-electron chi connectivity index (χ1n) is 5.29. The molecule has 0 atom stereocenters. The summed E-state index contributed by atoms with van der Waals surface area (Å²) in [5.41, 5.74) is 7.74. The number of aryl methyl sites for hydroxylation is 1. The molecule has 0 fully saturated rings. The quantitative estimate of drug-likeness (QED) is 0.825. The molecule has 2 rings (SSSR count). The minimum Gasteiger partial charge on any atom is -0.497 e. The highest BCUT2D eigenvalue weighted by Gasteiger charge is 2.12. The maximum absolute atomic E-state index is 11.8. The van der Waals surface area contributed by atoms with Gasteiger partial charge in [-0.1, -0.05) is 12.1 Å². The van der Waals surface area contributed by atoms with E-state index in [1.165, 1.54) is 4.68 Å². The van der Waals surface area contributed by atoms with E-state index >= 15 is 0 Å². The molecule has 0 saturated heterocycles. The SMILES string of the molecule is COc1cccc(-c2[nH]n(C)c(=O)c2CN)c1. The third kappa shape index (κ3) is 1.97. The molecule has 0 amide bonds. The van der Waals surface area contributed by atoms with Gasteiger partial charge in [-0.05, 0) is 12.1 Å². The lowest BCUT2D eigenvalue weighted by molar-refractivity contribution is 0.415. The Kier molecular flexibility index (Phi) is 3.01. The molecule has 5 heteroatoms. The number of hydrogen-bond acceptors (Lipinski definition) is 3. The lowest BCUT2D eigenvalue weighted by Gasteiger charge is -2.04. The Balaban J connectivity index is 2.59. The van der Waals surface area contributed by atoms with Gasteiger partial charge in [0.1, 0.15) is 5.75 Å². The third-order valence-electron chi connectivity index (χ3n) is 2.71. The van der Waals surface area contributed by atoms with E-state index in [1.807, 2.05) is 24.3 Å². The van der Waals surface area contributed by atoms with Crippen molar-refractivity contribution in [1.82, 2.24) is 9.78 Å². The van der Waals surface area contributed by atoms with Crippen LogP contribution in [0.3, 0.4) is 0 Å². The Labute approximate surface area is 98.8 Å². The summed E-state index contributed by atoms with van der Waals surface area (Å²) in [5.74, 6) is 0.746. The molecule has 0 radical (unpaired) electrons. The summed E-state index contributed by atoms with van der Waals surface area (Å²) in [6.45, 7) is 0.211. The number of hydrogen-bond donors (Lipinski definition) is 2. The highest BCUT2D eigenvalue weighted by Crippen LogP contribution is 2.23. The second-order valence-electron chi connectivity index (χ2n) is 3.77. The Hall–Kier alpha value is -2.01. The molecule has 0 aliphatic carbocycles. The van der Waals surface area contributed by atoms with Crippen molar-refractivity contribution in [2.75, 3.05) is 7.11 Å². The minimum absolute atomic E-state index is 0.0923. The van der Waals surface area contributed by atoms with Gasteiger partial charge in [0.2, 0.25) is 0 Å². The van der Waals surface area contributed by atoms with E-state index in [9.17, 15) is 4.79 Å². The molecule has 0 unspecified atom stereocenters.